The molecule has 2 aromatic carbocycles. The van der Waals surface area contributed by atoms with Crippen LogP contribution in [0.1, 0.15) is 38.8 Å². The molecule has 2 bridgehead atoms. The first-order chi connectivity index (χ1) is 11.0. The first-order valence-corrected chi connectivity index (χ1v) is 8.64. The Morgan fingerprint density at radius 3 is 1.78 bits per heavy atom. The van der Waals surface area contributed by atoms with E-state index in [-0.39, 0.29) is 10.8 Å². The van der Waals surface area contributed by atoms with E-state index in [0.717, 1.165) is 0 Å². The molecule has 0 fully saturated rings. The Morgan fingerprint density at radius 2 is 1.35 bits per heavy atom. The van der Waals surface area contributed by atoms with Crippen LogP contribution in [0.2, 0.25) is 0 Å². The molecule has 1 atom stereocenters. The zero-order chi connectivity index (χ0) is 16.0. The minimum atomic E-state index is 0.0508. The van der Waals surface area contributed by atoms with E-state index in [4.69, 9.17) is 0 Å². The van der Waals surface area contributed by atoms with Crippen molar-refractivity contribution < 1.29 is 0 Å². The topological polar surface area (TPSA) is 0 Å². The van der Waals surface area contributed by atoms with Crippen LogP contribution in [0.3, 0.4) is 0 Å². The van der Waals surface area contributed by atoms with Gasteiger partial charge in [0.1, 0.15) is 0 Å². The van der Waals surface area contributed by atoms with Gasteiger partial charge in [-0.05, 0) is 50.3 Å². The van der Waals surface area contributed by atoms with Crippen molar-refractivity contribution in [3.63, 3.8) is 0 Å². The van der Waals surface area contributed by atoms with Crippen LogP contribution in [-0.2, 0) is 5.41 Å². The predicted molar refractivity (Wildman–Crippen MR) is 96.4 cm³/mol. The molecule has 1 unspecified atom stereocenters. The lowest BCUT2D eigenvalue weighted by molar-refractivity contribution is 0.451. The minimum absolute atomic E-state index is 0.0508. The zero-order valence-corrected chi connectivity index (χ0v) is 14.3. The molecule has 0 saturated carbocycles. The second-order valence-electron chi connectivity index (χ2n) is 8.25. The third-order valence-electron chi connectivity index (χ3n) is 5.92. The third kappa shape index (κ3) is 1.31. The highest BCUT2D eigenvalue weighted by atomic mass is 14.6. The highest BCUT2D eigenvalue weighted by molar-refractivity contribution is 5.92. The van der Waals surface area contributed by atoms with Gasteiger partial charge in [0.15, 0.2) is 0 Å². The quantitative estimate of drug-likeness (QED) is 0.569. The lowest BCUT2D eigenvalue weighted by atomic mass is 9.53. The van der Waals surface area contributed by atoms with Gasteiger partial charge in [-0.2, -0.15) is 0 Å². The smallest absolute Gasteiger partial charge is 0.0685 e. The van der Waals surface area contributed by atoms with Gasteiger partial charge in [0, 0.05) is 0 Å². The summed E-state index contributed by atoms with van der Waals surface area (Å²) in [5.41, 5.74) is 11.0. The molecule has 114 valence electrons. The Balaban J connectivity index is 1.90. The Morgan fingerprint density at radius 1 is 0.826 bits per heavy atom. The maximum absolute atomic E-state index is 2.52. The van der Waals surface area contributed by atoms with Gasteiger partial charge < -0.3 is 0 Å². The van der Waals surface area contributed by atoms with E-state index in [1.165, 1.54) is 22.3 Å². The van der Waals surface area contributed by atoms with E-state index < -0.39 is 0 Å². The average Bonchev–Trinajstić information content (AvgIpc) is 3.11. The van der Waals surface area contributed by atoms with E-state index in [9.17, 15) is 0 Å². The van der Waals surface area contributed by atoms with Crippen LogP contribution >= 0.6 is 0 Å². The summed E-state index contributed by atoms with van der Waals surface area (Å²) < 4.78 is 0. The normalized spacial score (nSPS) is 22.8. The van der Waals surface area contributed by atoms with Gasteiger partial charge in [0.25, 0.3) is 0 Å². The molecule has 0 heterocycles. The van der Waals surface area contributed by atoms with Gasteiger partial charge >= 0.3 is 0 Å². The van der Waals surface area contributed by atoms with Crippen LogP contribution in [0.5, 0.6) is 0 Å². The summed E-state index contributed by atoms with van der Waals surface area (Å²) in [7, 11) is 0. The van der Waals surface area contributed by atoms with E-state index in [2.05, 4.69) is 82.3 Å². The summed E-state index contributed by atoms with van der Waals surface area (Å²) in [5, 5.41) is 0. The van der Waals surface area contributed by atoms with E-state index in [1.54, 1.807) is 16.7 Å². The molecule has 4 aliphatic carbocycles. The third-order valence-corrected chi connectivity index (χ3v) is 5.92. The van der Waals surface area contributed by atoms with Crippen LogP contribution < -0.4 is 0 Å². The van der Waals surface area contributed by atoms with Gasteiger partial charge in [-0.15, -0.1) is 0 Å². The lowest BCUT2D eigenvalue weighted by Crippen LogP contribution is -2.41. The van der Waals surface area contributed by atoms with Crippen molar-refractivity contribution >= 4 is 0 Å². The standard InChI is InChI=1S/C23H22/c1-14-13-19-21(22(2,3)4)20(14)23(19)17-11-7-5-9-15(17)16-10-6-8-12-18(16)23/h5-14H,1-4H3. The van der Waals surface area contributed by atoms with Crippen LogP contribution in [0.15, 0.2) is 71.3 Å². The maximum Gasteiger partial charge on any atom is 0.0685 e. The van der Waals surface area contributed by atoms with Crippen LogP contribution in [0, 0.1) is 11.3 Å². The van der Waals surface area contributed by atoms with Crippen molar-refractivity contribution in [3.8, 4) is 11.1 Å². The number of fused-ring (bicyclic) bond motifs is 4. The summed E-state index contributed by atoms with van der Waals surface area (Å²) in [6.45, 7) is 9.43. The van der Waals surface area contributed by atoms with Crippen molar-refractivity contribution in [1.29, 1.82) is 0 Å². The molecular formula is C23H22. The Bertz CT molecular complexity index is 870. The number of allylic oxidation sites excluding steroid dienone is 4. The van der Waals surface area contributed by atoms with Crippen molar-refractivity contribution in [3.05, 3.63) is 82.5 Å². The largest absolute Gasteiger partial charge is 0.0724 e. The fraction of sp³-hybridized carbons (Fsp3) is 0.304. The van der Waals surface area contributed by atoms with E-state index >= 15 is 0 Å². The van der Waals surface area contributed by atoms with Gasteiger partial charge in [-0.3, -0.25) is 0 Å². The van der Waals surface area contributed by atoms with Crippen molar-refractivity contribution in [2.45, 2.75) is 33.1 Å². The van der Waals surface area contributed by atoms with Gasteiger partial charge in [0.05, 0.1) is 5.41 Å². The van der Waals surface area contributed by atoms with Crippen molar-refractivity contribution in [2.75, 3.05) is 0 Å². The molecule has 1 spiro atoms. The number of hydrogen-bond donors (Lipinski definition) is 0. The Kier molecular flexibility index (Phi) is 2.25. The first kappa shape index (κ1) is 13.4. The van der Waals surface area contributed by atoms with Crippen molar-refractivity contribution in [1.82, 2.24) is 0 Å². The zero-order valence-electron chi connectivity index (χ0n) is 14.3. The lowest BCUT2D eigenvalue weighted by Gasteiger charge is -2.49. The van der Waals surface area contributed by atoms with Crippen molar-refractivity contribution in [2.24, 2.45) is 11.3 Å². The molecule has 23 heavy (non-hydrogen) atoms. The fourth-order valence-electron chi connectivity index (χ4n) is 5.34. The van der Waals surface area contributed by atoms with E-state index in [1.807, 2.05) is 0 Å². The van der Waals surface area contributed by atoms with Gasteiger partial charge in [-0.1, -0.05) is 82.3 Å². The maximum atomic E-state index is 2.52. The highest BCUT2D eigenvalue weighted by Crippen LogP contribution is 2.71. The summed E-state index contributed by atoms with van der Waals surface area (Å²) in [5.74, 6) is 0.554. The van der Waals surface area contributed by atoms with Crippen LogP contribution in [0.4, 0.5) is 0 Å². The number of rotatable bonds is 0. The summed E-state index contributed by atoms with van der Waals surface area (Å²) in [6, 6.07) is 18.0. The molecule has 0 aromatic heterocycles. The van der Waals surface area contributed by atoms with Crippen LogP contribution in [-0.4, -0.2) is 0 Å². The summed E-state index contributed by atoms with van der Waals surface area (Å²) in [6.07, 6.45) is 2.52. The van der Waals surface area contributed by atoms with Gasteiger partial charge in [0.2, 0.25) is 0 Å². The fourth-order valence-corrected chi connectivity index (χ4v) is 5.34. The molecule has 0 aliphatic heterocycles. The summed E-state index contributed by atoms with van der Waals surface area (Å²) >= 11 is 0. The molecule has 0 saturated heterocycles. The Labute approximate surface area is 138 Å². The Hall–Kier alpha value is -2.08. The molecule has 0 amide bonds. The predicted octanol–water partition coefficient (Wildman–Crippen LogP) is 5.89. The molecular weight excluding hydrogens is 276 g/mol. The average molecular weight is 298 g/mol. The van der Waals surface area contributed by atoms with E-state index in [0.29, 0.717) is 5.92 Å². The second kappa shape index (κ2) is 3.87. The van der Waals surface area contributed by atoms with Crippen LogP contribution in [0.25, 0.3) is 11.1 Å². The second-order valence-corrected chi connectivity index (χ2v) is 8.25. The molecule has 2 aromatic rings. The monoisotopic (exact) mass is 298 g/mol. The molecule has 0 radical (unpaired) electrons. The van der Waals surface area contributed by atoms with Gasteiger partial charge in [-0.25, -0.2) is 0 Å². The molecule has 0 N–H and O–H groups in total. The first-order valence-electron chi connectivity index (χ1n) is 8.64. The highest BCUT2D eigenvalue weighted by Gasteiger charge is 2.62. The molecule has 4 aliphatic rings. The minimum Gasteiger partial charge on any atom is -0.0724 e. The summed E-state index contributed by atoms with van der Waals surface area (Å²) in [4.78, 5) is 0. The SMILES string of the molecule is CC1C=C2C(C(C)(C)C)=C1C21c2ccccc2-c2ccccc21. The molecule has 0 heteroatoms. The number of benzene rings is 2. The molecule has 0 nitrogen and oxygen atoms in total. The molecule has 6 rings (SSSR count). The number of hydrogen-bond acceptors (Lipinski definition) is 0.